The van der Waals surface area contributed by atoms with Crippen LogP contribution in [-0.2, 0) is 17.8 Å². The van der Waals surface area contributed by atoms with Gasteiger partial charge in [0.15, 0.2) is 11.5 Å². The third-order valence-corrected chi connectivity index (χ3v) is 6.93. The van der Waals surface area contributed by atoms with Crippen LogP contribution in [0.5, 0.6) is 11.5 Å². The van der Waals surface area contributed by atoms with Crippen LogP contribution in [0, 0.1) is 0 Å². The summed E-state index contributed by atoms with van der Waals surface area (Å²) >= 11 is 0. The van der Waals surface area contributed by atoms with Crippen molar-refractivity contribution in [2.75, 3.05) is 27.8 Å². The van der Waals surface area contributed by atoms with E-state index in [0.29, 0.717) is 36.6 Å². The van der Waals surface area contributed by atoms with Gasteiger partial charge < -0.3 is 19.3 Å². The molecule has 0 N–H and O–H groups in total. The fourth-order valence-electron chi connectivity index (χ4n) is 5.29. The highest BCUT2D eigenvalue weighted by molar-refractivity contribution is 6.01. The van der Waals surface area contributed by atoms with E-state index in [9.17, 15) is 9.59 Å². The summed E-state index contributed by atoms with van der Waals surface area (Å²) in [6, 6.07) is 21.0. The number of hydrogen-bond donors (Lipinski definition) is 0. The Morgan fingerprint density at radius 2 is 1.65 bits per heavy atom. The molecule has 0 unspecified atom stereocenters. The molecule has 3 aromatic carbocycles. The highest BCUT2D eigenvalue weighted by Crippen LogP contribution is 2.48. The van der Waals surface area contributed by atoms with E-state index < -0.39 is 12.0 Å². The Balaban J connectivity index is 1.63. The fraction of sp³-hybridized carbons (Fsp3) is 0.286. The topological polar surface area (TPSA) is 59.1 Å². The summed E-state index contributed by atoms with van der Waals surface area (Å²) in [5.41, 5.74) is 4.47. The summed E-state index contributed by atoms with van der Waals surface area (Å²) in [5, 5.41) is 0. The monoisotopic (exact) mass is 456 g/mol. The largest absolute Gasteiger partial charge is 0.493 e. The Morgan fingerprint density at radius 1 is 0.971 bits per heavy atom. The second-order valence-electron chi connectivity index (χ2n) is 8.84. The molecule has 2 atom stereocenters. The van der Waals surface area contributed by atoms with Crippen LogP contribution in [0.3, 0.4) is 0 Å². The number of fused-ring (bicyclic) bond motifs is 4. The number of likely N-dealkylation sites (N-methyl/N-ethyl adjacent to an activating group) is 1. The molecule has 3 aromatic rings. The lowest BCUT2D eigenvalue weighted by atomic mass is 9.75. The van der Waals surface area contributed by atoms with Crippen molar-refractivity contribution in [2.45, 2.75) is 24.9 Å². The van der Waals surface area contributed by atoms with E-state index in [0.717, 1.165) is 22.3 Å². The summed E-state index contributed by atoms with van der Waals surface area (Å²) in [6.07, 6.45) is 0.695. The number of benzene rings is 3. The van der Waals surface area contributed by atoms with Crippen molar-refractivity contribution >= 4 is 11.8 Å². The quantitative estimate of drug-likeness (QED) is 0.578. The van der Waals surface area contributed by atoms with E-state index >= 15 is 0 Å². The van der Waals surface area contributed by atoms with Crippen LogP contribution in [0.1, 0.15) is 44.6 Å². The molecule has 2 amide bonds. The molecule has 0 aromatic heterocycles. The molecule has 34 heavy (non-hydrogen) atoms. The van der Waals surface area contributed by atoms with Crippen molar-refractivity contribution in [1.29, 1.82) is 0 Å². The van der Waals surface area contributed by atoms with Gasteiger partial charge in [0.25, 0.3) is 5.91 Å². The number of hydrogen-bond acceptors (Lipinski definition) is 4. The first kappa shape index (κ1) is 22.0. The Hall–Kier alpha value is -3.80. The first-order valence-corrected chi connectivity index (χ1v) is 11.5. The molecular formula is C28H28N2O4. The molecule has 2 aliphatic heterocycles. The lowest BCUT2D eigenvalue weighted by Gasteiger charge is -2.46. The molecule has 2 heterocycles. The SMILES string of the molecule is COc1cc2c(cc1OC)[C@H]1[C@H](C(=O)N(C)Cc3ccccc3)c3ccccc3C(=O)N1CC2. The van der Waals surface area contributed by atoms with Gasteiger partial charge in [0.2, 0.25) is 5.91 Å². The second-order valence-corrected chi connectivity index (χ2v) is 8.84. The van der Waals surface area contributed by atoms with Crippen LogP contribution in [-0.4, -0.2) is 49.4 Å². The molecule has 0 bridgehead atoms. The summed E-state index contributed by atoms with van der Waals surface area (Å²) in [4.78, 5) is 31.2. The Kier molecular flexibility index (Phi) is 5.74. The molecule has 174 valence electrons. The number of carbonyl (C=O) groups excluding carboxylic acids is 2. The normalized spacial score (nSPS) is 18.4. The summed E-state index contributed by atoms with van der Waals surface area (Å²) in [7, 11) is 5.05. The van der Waals surface area contributed by atoms with Gasteiger partial charge in [-0.25, -0.2) is 0 Å². The zero-order valence-corrected chi connectivity index (χ0v) is 19.7. The molecule has 0 saturated heterocycles. The maximum atomic E-state index is 14.0. The van der Waals surface area contributed by atoms with Crippen LogP contribution >= 0.6 is 0 Å². The van der Waals surface area contributed by atoms with Gasteiger partial charge in [-0.1, -0.05) is 48.5 Å². The Bertz CT molecular complexity index is 1240. The van der Waals surface area contributed by atoms with E-state index in [1.165, 1.54) is 0 Å². The summed E-state index contributed by atoms with van der Waals surface area (Å²) in [5.74, 6) is 0.691. The molecule has 6 nitrogen and oxygen atoms in total. The van der Waals surface area contributed by atoms with Crippen molar-refractivity contribution in [2.24, 2.45) is 0 Å². The average Bonchev–Trinajstić information content (AvgIpc) is 2.88. The highest BCUT2D eigenvalue weighted by atomic mass is 16.5. The van der Waals surface area contributed by atoms with Gasteiger partial charge in [-0.2, -0.15) is 0 Å². The fourth-order valence-corrected chi connectivity index (χ4v) is 5.29. The second kappa shape index (κ2) is 8.86. The van der Waals surface area contributed by atoms with Crippen molar-refractivity contribution in [1.82, 2.24) is 9.80 Å². The van der Waals surface area contributed by atoms with E-state index in [2.05, 4.69) is 0 Å². The smallest absolute Gasteiger partial charge is 0.254 e. The van der Waals surface area contributed by atoms with Crippen molar-refractivity contribution in [3.63, 3.8) is 0 Å². The number of methoxy groups -OCH3 is 2. The van der Waals surface area contributed by atoms with Gasteiger partial charge in [0.1, 0.15) is 0 Å². The first-order valence-electron chi connectivity index (χ1n) is 11.5. The minimum absolute atomic E-state index is 0.0126. The highest BCUT2D eigenvalue weighted by Gasteiger charge is 2.47. The van der Waals surface area contributed by atoms with Gasteiger partial charge in [-0.3, -0.25) is 9.59 Å². The lowest BCUT2D eigenvalue weighted by Crippen LogP contribution is -2.50. The van der Waals surface area contributed by atoms with Crippen molar-refractivity contribution in [3.8, 4) is 11.5 Å². The zero-order valence-electron chi connectivity index (χ0n) is 19.7. The summed E-state index contributed by atoms with van der Waals surface area (Å²) in [6.45, 7) is 1.05. The molecular weight excluding hydrogens is 428 g/mol. The van der Waals surface area contributed by atoms with Crippen molar-refractivity contribution < 1.29 is 19.1 Å². The third-order valence-electron chi connectivity index (χ3n) is 6.93. The minimum atomic E-state index is -0.514. The van der Waals surface area contributed by atoms with E-state index in [1.54, 1.807) is 19.1 Å². The number of amides is 2. The molecule has 5 rings (SSSR count). The van der Waals surface area contributed by atoms with Gasteiger partial charge in [-0.05, 0) is 46.9 Å². The number of carbonyl (C=O) groups is 2. The molecule has 0 spiro atoms. The van der Waals surface area contributed by atoms with E-state index in [-0.39, 0.29) is 11.8 Å². The van der Waals surface area contributed by atoms with Crippen LogP contribution in [0.2, 0.25) is 0 Å². The van der Waals surface area contributed by atoms with Gasteiger partial charge in [0, 0.05) is 25.7 Å². The molecule has 0 aliphatic carbocycles. The maximum Gasteiger partial charge on any atom is 0.254 e. The van der Waals surface area contributed by atoms with Crippen LogP contribution in [0.15, 0.2) is 66.7 Å². The molecule has 2 aliphatic rings. The van der Waals surface area contributed by atoms with Gasteiger partial charge in [-0.15, -0.1) is 0 Å². The van der Waals surface area contributed by atoms with Crippen molar-refractivity contribution in [3.05, 3.63) is 94.5 Å². The maximum absolute atomic E-state index is 14.0. The van der Waals surface area contributed by atoms with Gasteiger partial charge >= 0.3 is 0 Å². The first-order chi connectivity index (χ1) is 16.5. The van der Waals surface area contributed by atoms with Crippen LogP contribution in [0.25, 0.3) is 0 Å². The predicted octanol–water partition coefficient (Wildman–Crippen LogP) is 4.20. The zero-order chi connectivity index (χ0) is 23.8. The standard InChI is InChI=1S/C28H28N2O4/c1-29(17-18-9-5-4-6-10-18)28(32)25-20-11-7-8-12-21(20)27(31)30-14-13-19-15-23(33-2)24(34-3)16-22(19)26(25)30/h4-12,15-16,25-26H,13-14,17H2,1-3H3/t25-,26+/m1/s1. The van der Waals surface area contributed by atoms with Crippen LogP contribution < -0.4 is 9.47 Å². The minimum Gasteiger partial charge on any atom is -0.493 e. The number of rotatable bonds is 5. The Morgan fingerprint density at radius 3 is 2.38 bits per heavy atom. The number of ether oxygens (including phenoxy) is 2. The number of nitrogens with zero attached hydrogens (tertiary/aromatic N) is 2. The van der Waals surface area contributed by atoms with Gasteiger partial charge in [0.05, 0.1) is 26.2 Å². The average molecular weight is 457 g/mol. The summed E-state index contributed by atoms with van der Waals surface area (Å²) < 4.78 is 11.1. The predicted molar refractivity (Wildman–Crippen MR) is 129 cm³/mol. The molecule has 6 heteroatoms. The molecule has 0 saturated carbocycles. The van der Waals surface area contributed by atoms with E-state index in [1.807, 2.05) is 78.7 Å². The van der Waals surface area contributed by atoms with Crippen LogP contribution in [0.4, 0.5) is 0 Å². The molecule has 0 radical (unpaired) electrons. The Labute approximate surface area is 199 Å². The lowest BCUT2D eigenvalue weighted by molar-refractivity contribution is -0.134. The van der Waals surface area contributed by atoms with E-state index in [4.69, 9.17) is 9.47 Å². The third kappa shape index (κ3) is 3.59. The molecule has 0 fully saturated rings.